The van der Waals surface area contributed by atoms with E-state index in [0.29, 0.717) is 6.54 Å². The molecule has 1 aliphatic carbocycles. The van der Waals surface area contributed by atoms with E-state index in [1.54, 1.807) is 0 Å². The zero-order chi connectivity index (χ0) is 8.48. The highest BCUT2D eigenvalue weighted by Gasteiger charge is 2.44. The van der Waals surface area contributed by atoms with E-state index >= 15 is 0 Å². The first-order valence-electron chi connectivity index (χ1n) is 3.43. The van der Waals surface area contributed by atoms with Crippen molar-refractivity contribution < 1.29 is 8.78 Å². The summed E-state index contributed by atoms with van der Waals surface area (Å²) in [5, 5.41) is 0. The minimum Gasteiger partial charge on any atom is -0.370 e. The molecule has 0 bridgehead atoms. The molecule has 0 amide bonds. The Morgan fingerprint density at radius 2 is 2.00 bits per heavy atom. The number of hydrogen-bond acceptors (Lipinski definition) is 1. The summed E-state index contributed by atoms with van der Waals surface area (Å²) < 4.78 is 24.4. The van der Waals surface area contributed by atoms with Gasteiger partial charge in [0.25, 0.3) is 0 Å². The van der Waals surface area contributed by atoms with E-state index in [1.165, 1.54) is 0 Å². The van der Waals surface area contributed by atoms with Crippen molar-refractivity contribution in [1.29, 1.82) is 0 Å². The number of nitrogens with two attached hydrogens (primary N) is 2. The van der Waals surface area contributed by atoms with Crippen LogP contribution in [-0.4, -0.2) is 18.4 Å². The van der Waals surface area contributed by atoms with Gasteiger partial charge in [-0.05, 0) is 5.92 Å². The molecule has 0 spiro atoms. The molecule has 1 fully saturated rings. The third-order valence-corrected chi connectivity index (χ3v) is 1.71. The van der Waals surface area contributed by atoms with Gasteiger partial charge >= 0.3 is 0 Å². The van der Waals surface area contributed by atoms with Gasteiger partial charge in [0.1, 0.15) is 0 Å². The average molecular weight is 163 g/mol. The zero-order valence-electron chi connectivity index (χ0n) is 6.06. The maximum Gasteiger partial charge on any atom is 0.248 e. The van der Waals surface area contributed by atoms with Gasteiger partial charge in [0, 0.05) is 19.4 Å². The lowest BCUT2D eigenvalue weighted by Gasteiger charge is -2.33. The molecule has 11 heavy (non-hydrogen) atoms. The van der Waals surface area contributed by atoms with Gasteiger partial charge in [0.15, 0.2) is 5.96 Å². The number of nitrogens with zero attached hydrogens (tertiary/aromatic N) is 1. The highest BCUT2D eigenvalue weighted by atomic mass is 19.3. The van der Waals surface area contributed by atoms with E-state index in [2.05, 4.69) is 4.99 Å². The van der Waals surface area contributed by atoms with Crippen molar-refractivity contribution in [3.63, 3.8) is 0 Å². The van der Waals surface area contributed by atoms with Gasteiger partial charge < -0.3 is 11.5 Å². The second-order valence-corrected chi connectivity index (χ2v) is 2.90. The van der Waals surface area contributed by atoms with Crippen molar-refractivity contribution in [3.8, 4) is 0 Å². The summed E-state index contributed by atoms with van der Waals surface area (Å²) >= 11 is 0. The van der Waals surface area contributed by atoms with E-state index in [0.717, 1.165) is 0 Å². The summed E-state index contributed by atoms with van der Waals surface area (Å²) in [6.07, 6.45) is -0.159. The van der Waals surface area contributed by atoms with Crippen LogP contribution >= 0.6 is 0 Å². The summed E-state index contributed by atoms with van der Waals surface area (Å²) in [4.78, 5) is 3.65. The largest absolute Gasteiger partial charge is 0.370 e. The third kappa shape index (κ3) is 2.32. The number of guanidine groups is 1. The summed E-state index contributed by atoms with van der Waals surface area (Å²) in [7, 11) is 0. The molecule has 1 aliphatic rings. The lowest BCUT2D eigenvalue weighted by molar-refractivity contribution is -0.107. The molecular formula is C6H11F2N3. The Morgan fingerprint density at radius 1 is 1.45 bits per heavy atom. The number of aliphatic imine (C=N–C) groups is 1. The molecule has 0 atom stereocenters. The zero-order valence-corrected chi connectivity index (χ0v) is 6.06. The Balaban J connectivity index is 2.19. The topological polar surface area (TPSA) is 64.4 Å². The molecule has 0 aromatic rings. The lowest BCUT2D eigenvalue weighted by Crippen LogP contribution is -2.37. The van der Waals surface area contributed by atoms with Crippen molar-refractivity contribution in [2.24, 2.45) is 22.4 Å². The van der Waals surface area contributed by atoms with Crippen LogP contribution in [0.1, 0.15) is 12.8 Å². The maximum absolute atomic E-state index is 12.2. The predicted molar refractivity (Wildman–Crippen MR) is 38.3 cm³/mol. The Kier molecular flexibility index (Phi) is 1.97. The van der Waals surface area contributed by atoms with Crippen LogP contribution in [0.2, 0.25) is 0 Å². The van der Waals surface area contributed by atoms with E-state index in [-0.39, 0.29) is 24.7 Å². The number of hydrogen-bond donors (Lipinski definition) is 2. The van der Waals surface area contributed by atoms with Crippen molar-refractivity contribution in [2.45, 2.75) is 18.8 Å². The van der Waals surface area contributed by atoms with Gasteiger partial charge in [0.05, 0.1) is 0 Å². The second kappa shape index (κ2) is 2.64. The van der Waals surface area contributed by atoms with Crippen LogP contribution in [-0.2, 0) is 0 Å². The van der Waals surface area contributed by atoms with Crippen LogP contribution in [0.15, 0.2) is 4.99 Å². The fourth-order valence-corrected chi connectivity index (χ4v) is 1.15. The molecule has 64 valence electrons. The molecule has 0 radical (unpaired) electrons. The Morgan fingerprint density at radius 3 is 2.36 bits per heavy atom. The van der Waals surface area contributed by atoms with Crippen molar-refractivity contribution in [3.05, 3.63) is 0 Å². The average Bonchev–Trinajstić information content (AvgIpc) is 1.78. The standard InChI is InChI=1S/C6H11F2N3/c7-6(8)1-4(2-6)3-11-5(9)10/h4H,1-3H2,(H4,9,10,11). The Hall–Kier alpha value is -0.870. The van der Waals surface area contributed by atoms with Crippen LogP contribution in [0, 0.1) is 5.92 Å². The first-order valence-corrected chi connectivity index (χ1v) is 3.43. The van der Waals surface area contributed by atoms with E-state index in [9.17, 15) is 8.78 Å². The summed E-state index contributed by atoms with van der Waals surface area (Å²) in [6, 6.07) is 0. The lowest BCUT2D eigenvalue weighted by atomic mass is 9.81. The molecule has 0 aromatic heterocycles. The number of alkyl halides is 2. The van der Waals surface area contributed by atoms with Gasteiger partial charge in [-0.3, -0.25) is 4.99 Å². The fraction of sp³-hybridized carbons (Fsp3) is 0.833. The number of rotatable bonds is 2. The molecule has 0 unspecified atom stereocenters. The van der Waals surface area contributed by atoms with E-state index in [4.69, 9.17) is 11.5 Å². The highest BCUT2D eigenvalue weighted by molar-refractivity contribution is 5.75. The molecule has 0 saturated heterocycles. The van der Waals surface area contributed by atoms with E-state index in [1.807, 2.05) is 0 Å². The smallest absolute Gasteiger partial charge is 0.248 e. The first kappa shape index (κ1) is 8.23. The van der Waals surface area contributed by atoms with Gasteiger partial charge in [-0.15, -0.1) is 0 Å². The first-order chi connectivity index (χ1) is 4.99. The molecule has 1 saturated carbocycles. The van der Waals surface area contributed by atoms with Gasteiger partial charge in [0.2, 0.25) is 5.92 Å². The highest BCUT2D eigenvalue weighted by Crippen LogP contribution is 2.42. The number of halogens is 2. The van der Waals surface area contributed by atoms with Crippen LogP contribution in [0.4, 0.5) is 8.78 Å². The molecule has 0 aromatic carbocycles. The van der Waals surface area contributed by atoms with Crippen LogP contribution in [0.5, 0.6) is 0 Å². The van der Waals surface area contributed by atoms with Crippen molar-refractivity contribution in [1.82, 2.24) is 0 Å². The summed E-state index contributed by atoms with van der Waals surface area (Å²) in [5.74, 6) is -2.53. The Bertz CT molecular complexity index is 167. The molecule has 3 nitrogen and oxygen atoms in total. The van der Waals surface area contributed by atoms with Gasteiger partial charge in [-0.25, -0.2) is 8.78 Å². The second-order valence-electron chi connectivity index (χ2n) is 2.90. The predicted octanol–water partition coefficient (Wildman–Crippen LogP) is 0.305. The molecule has 5 heteroatoms. The van der Waals surface area contributed by atoms with Crippen molar-refractivity contribution >= 4 is 5.96 Å². The summed E-state index contributed by atoms with van der Waals surface area (Å²) in [5.41, 5.74) is 10.1. The quantitative estimate of drug-likeness (QED) is 0.454. The monoisotopic (exact) mass is 163 g/mol. The summed E-state index contributed by atoms with van der Waals surface area (Å²) in [6.45, 7) is 0.331. The maximum atomic E-state index is 12.2. The molecule has 4 N–H and O–H groups in total. The van der Waals surface area contributed by atoms with Crippen molar-refractivity contribution in [2.75, 3.05) is 6.54 Å². The normalized spacial score (nSPS) is 22.4. The molecular weight excluding hydrogens is 152 g/mol. The van der Waals surface area contributed by atoms with Crippen LogP contribution in [0.25, 0.3) is 0 Å². The minimum atomic E-state index is -2.47. The van der Waals surface area contributed by atoms with Crippen LogP contribution in [0.3, 0.4) is 0 Å². The molecule has 1 rings (SSSR count). The minimum absolute atomic E-state index is 0.0276. The van der Waals surface area contributed by atoms with Gasteiger partial charge in [-0.1, -0.05) is 0 Å². The molecule has 0 heterocycles. The fourth-order valence-electron chi connectivity index (χ4n) is 1.15. The van der Waals surface area contributed by atoms with E-state index < -0.39 is 5.92 Å². The Labute approximate surface area is 63.5 Å². The van der Waals surface area contributed by atoms with Crippen LogP contribution < -0.4 is 11.5 Å². The van der Waals surface area contributed by atoms with Gasteiger partial charge in [-0.2, -0.15) is 0 Å². The molecule has 0 aliphatic heterocycles. The SMILES string of the molecule is NC(N)=NCC1CC(F)(F)C1. The third-order valence-electron chi connectivity index (χ3n) is 1.71.